The first kappa shape index (κ1) is 12.0. The predicted molar refractivity (Wildman–Crippen MR) is 78.8 cm³/mol. The predicted octanol–water partition coefficient (Wildman–Crippen LogP) is 4.25. The quantitative estimate of drug-likeness (QED) is 0.651. The number of hydrogen-bond acceptors (Lipinski definition) is 2. The van der Waals surface area contributed by atoms with E-state index < -0.39 is 0 Å². The Bertz CT molecular complexity index is 848. The maximum Gasteiger partial charge on any atom is 0.0998 e. The minimum atomic E-state index is 0.527. The Balaban J connectivity index is 2.31. The van der Waals surface area contributed by atoms with E-state index in [9.17, 15) is 10.5 Å². The zero-order valence-corrected chi connectivity index (χ0v) is 10.7. The molecule has 0 amide bonds. The van der Waals surface area contributed by atoms with E-state index in [2.05, 4.69) is 12.1 Å². The van der Waals surface area contributed by atoms with Crippen molar-refractivity contribution in [3.63, 3.8) is 0 Å². The average molecular weight is 254 g/mol. The Kier molecular flexibility index (Phi) is 2.92. The lowest BCUT2D eigenvalue weighted by molar-refractivity contribution is 1.44. The number of benzene rings is 3. The van der Waals surface area contributed by atoms with Crippen molar-refractivity contribution in [2.45, 2.75) is 0 Å². The van der Waals surface area contributed by atoms with E-state index in [1.165, 1.54) is 0 Å². The Morgan fingerprint density at radius 2 is 1.30 bits per heavy atom. The maximum absolute atomic E-state index is 9.25. The first-order chi connectivity index (χ1) is 9.83. The summed E-state index contributed by atoms with van der Waals surface area (Å²) in [7, 11) is 0. The molecular weight excluding hydrogens is 244 g/mol. The second kappa shape index (κ2) is 4.88. The van der Waals surface area contributed by atoms with Gasteiger partial charge in [-0.25, -0.2) is 0 Å². The molecule has 2 heteroatoms. The molecule has 0 bridgehead atoms. The SMILES string of the molecule is N#Cc1cccc(C#N)c1-c1ccc2ccccc2c1. The lowest BCUT2D eigenvalue weighted by Crippen LogP contribution is -1.89. The van der Waals surface area contributed by atoms with Gasteiger partial charge in [0.05, 0.1) is 23.3 Å². The van der Waals surface area contributed by atoms with Gasteiger partial charge in [0.15, 0.2) is 0 Å². The minimum Gasteiger partial charge on any atom is -0.192 e. The molecule has 0 radical (unpaired) electrons. The van der Waals surface area contributed by atoms with E-state index in [1.54, 1.807) is 18.2 Å². The standard InChI is InChI=1S/C18H10N2/c19-11-16-6-3-7-17(12-20)18(16)15-9-8-13-4-1-2-5-14(13)10-15/h1-10H. The summed E-state index contributed by atoms with van der Waals surface area (Å²) in [4.78, 5) is 0. The molecule has 0 saturated heterocycles. The highest BCUT2D eigenvalue weighted by atomic mass is 14.3. The summed E-state index contributed by atoms with van der Waals surface area (Å²) in [6.07, 6.45) is 0. The molecule has 92 valence electrons. The van der Waals surface area contributed by atoms with Crippen LogP contribution in [-0.2, 0) is 0 Å². The molecule has 0 N–H and O–H groups in total. The first-order valence-corrected chi connectivity index (χ1v) is 6.26. The van der Waals surface area contributed by atoms with E-state index in [1.807, 2.05) is 42.5 Å². The highest BCUT2D eigenvalue weighted by Gasteiger charge is 2.10. The molecule has 2 nitrogen and oxygen atoms in total. The van der Waals surface area contributed by atoms with E-state index >= 15 is 0 Å². The first-order valence-electron chi connectivity index (χ1n) is 6.26. The fourth-order valence-corrected chi connectivity index (χ4v) is 2.39. The molecule has 0 saturated carbocycles. The van der Waals surface area contributed by atoms with Crippen LogP contribution in [0.15, 0.2) is 60.7 Å². The molecule has 0 heterocycles. The van der Waals surface area contributed by atoms with Gasteiger partial charge in [0.1, 0.15) is 0 Å². The van der Waals surface area contributed by atoms with Gasteiger partial charge in [-0.1, -0.05) is 42.5 Å². The van der Waals surface area contributed by atoms with E-state index in [0.717, 1.165) is 16.3 Å². The second-order valence-corrected chi connectivity index (χ2v) is 4.51. The van der Waals surface area contributed by atoms with Crippen molar-refractivity contribution in [1.29, 1.82) is 10.5 Å². The molecule has 20 heavy (non-hydrogen) atoms. The van der Waals surface area contributed by atoms with E-state index in [4.69, 9.17) is 0 Å². The number of rotatable bonds is 1. The fraction of sp³-hybridized carbons (Fsp3) is 0. The van der Waals surface area contributed by atoms with Crippen molar-refractivity contribution in [1.82, 2.24) is 0 Å². The average Bonchev–Trinajstić information content (AvgIpc) is 2.53. The monoisotopic (exact) mass is 254 g/mol. The van der Waals surface area contributed by atoms with Crippen molar-refractivity contribution in [3.05, 3.63) is 71.8 Å². The smallest absolute Gasteiger partial charge is 0.0998 e. The number of nitriles is 2. The topological polar surface area (TPSA) is 47.6 Å². The lowest BCUT2D eigenvalue weighted by atomic mass is 9.94. The van der Waals surface area contributed by atoms with Crippen LogP contribution in [0.4, 0.5) is 0 Å². The third-order valence-corrected chi connectivity index (χ3v) is 3.34. The van der Waals surface area contributed by atoms with Crippen molar-refractivity contribution in [2.75, 3.05) is 0 Å². The van der Waals surface area contributed by atoms with Crippen LogP contribution in [0, 0.1) is 22.7 Å². The van der Waals surface area contributed by atoms with Gasteiger partial charge < -0.3 is 0 Å². The normalized spacial score (nSPS) is 9.90. The maximum atomic E-state index is 9.25. The van der Waals surface area contributed by atoms with Gasteiger partial charge in [-0.3, -0.25) is 0 Å². The van der Waals surface area contributed by atoms with Crippen molar-refractivity contribution < 1.29 is 0 Å². The molecule has 0 atom stereocenters. The molecule has 0 aromatic heterocycles. The highest BCUT2D eigenvalue weighted by molar-refractivity contribution is 5.89. The zero-order chi connectivity index (χ0) is 13.9. The molecular formula is C18H10N2. The van der Waals surface area contributed by atoms with Gasteiger partial charge >= 0.3 is 0 Å². The van der Waals surface area contributed by atoms with Crippen molar-refractivity contribution in [2.24, 2.45) is 0 Å². The lowest BCUT2D eigenvalue weighted by Gasteiger charge is -2.08. The van der Waals surface area contributed by atoms with Crippen LogP contribution in [0.3, 0.4) is 0 Å². The Labute approximate surface area is 117 Å². The van der Waals surface area contributed by atoms with Crippen LogP contribution >= 0.6 is 0 Å². The van der Waals surface area contributed by atoms with Crippen molar-refractivity contribution >= 4 is 10.8 Å². The number of nitrogens with zero attached hydrogens (tertiary/aromatic N) is 2. The summed E-state index contributed by atoms with van der Waals surface area (Å²) in [6.45, 7) is 0. The molecule has 3 aromatic carbocycles. The molecule has 0 aliphatic carbocycles. The molecule has 0 fully saturated rings. The van der Waals surface area contributed by atoms with E-state index in [-0.39, 0.29) is 0 Å². The van der Waals surface area contributed by atoms with Crippen LogP contribution in [0.25, 0.3) is 21.9 Å². The van der Waals surface area contributed by atoms with E-state index in [0.29, 0.717) is 16.7 Å². The molecule has 3 aromatic rings. The van der Waals surface area contributed by atoms with Gasteiger partial charge in [-0.05, 0) is 34.5 Å². The Hall–Kier alpha value is -3.10. The third kappa shape index (κ3) is 1.90. The summed E-state index contributed by atoms with van der Waals surface area (Å²) < 4.78 is 0. The summed E-state index contributed by atoms with van der Waals surface area (Å²) in [5, 5.41) is 20.7. The molecule has 0 aliphatic rings. The Morgan fingerprint density at radius 1 is 0.650 bits per heavy atom. The van der Waals surface area contributed by atoms with Crippen LogP contribution in [0.5, 0.6) is 0 Å². The van der Waals surface area contributed by atoms with Crippen LogP contribution in [0.2, 0.25) is 0 Å². The molecule has 0 aliphatic heterocycles. The minimum absolute atomic E-state index is 0.527. The van der Waals surface area contributed by atoms with Gasteiger partial charge in [0.25, 0.3) is 0 Å². The van der Waals surface area contributed by atoms with Crippen LogP contribution in [-0.4, -0.2) is 0 Å². The zero-order valence-electron chi connectivity index (χ0n) is 10.7. The van der Waals surface area contributed by atoms with Crippen LogP contribution < -0.4 is 0 Å². The van der Waals surface area contributed by atoms with Gasteiger partial charge in [-0.15, -0.1) is 0 Å². The second-order valence-electron chi connectivity index (χ2n) is 4.51. The molecule has 3 rings (SSSR count). The van der Waals surface area contributed by atoms with Crippen molar-refractivity contribution in [3.8, 4) is 23.3 Å². The third-order valence-electron chi connectivity index (χ3n) is 3.34. The highest BCUT2D eigenvalue weighted by Crippen LogP contribution is 2.29. The van der Waals surface area contributed by atoms with Gasteiger partial charge in [0.2, 0.25) is 0 Å². The summed E-state index contributed by atoms with van der Waals surface area (Å²) in [6, 6.07) is 23.6. The summed E-state index contributed by atoms with van der Waals surface area (Å²) in [5.74, 6) is 0. The Morgan fingerprint density at radius 3 is 1.95 bits per heavy atom. The van der Waals surface area contributed by atoms with Gasteiger partial charge in [0, 0.05) is 5.56 Å². The van der Waals surface area contributed by atoms with Crippen LogP contribution in [0.1, 0.15) is 11.1 Å². The summed E-state index contributed by atoms with van der Waals surface area (Å²) in [5.41, 5.74) is 2.67. The summed E-state index contributed by atoms with van der Waals surface area (Å²) >= 11 is 0. The number of hydrogen-bond donors (Lipinski definition) is 0. The fourth-order valence-electron chi connectivity index (χ4n) is 2.39. The molecule has 0 unspecified atom stereocenters. The van der Waals surface area contributed by atoms with Gasteiger partial charge in [-0.2, -0.15) is 10.5 Å². The molecule has 0 spiro atoms. The largest absolute Gasteiger partial charge is 0.192 e. The number of fused-ring (bicyclic) bond motifs is 1.